The molecule has 2 nitrogen and oxygen atoms in total. The molecular formula is C10H14N2S. The van der Waals surface area contributed by atoms with E-state index in [9.17, 15) is 0 Å². The molecule has 0 spiro atoms. The molecule has 2 N–H and O–H groups in total. The Morgan fingerprint density at radius 1 is 1.69 bits per heavy atom. The van der Waals surface area contributed by atoms with E-state index in [1.165, 1.54) is 5.56 Å². The van der Waals surface area contributed by atoms with Crippen molar-refractivity contribution in [3.8, 4) is 6.07 Å². The number of thiophene rings is 1. The fourth-order valence-electron chi connectivity index (χ4n) is 1.09. The lowest BCUT2D eigenvalue weighted by molar-refractivity contribution is 0.735. The van der Waals surface area contributed by atoms with Crippen LogP contribution in [-0.2, 0) is 0 Å². The van der Waals surface area contributed by atoms with E-state index in [-0.39, 0.29) is 0 Å². The third-order valence-electron chi connectivity index (χ3n) is 2.27. The van der Waals surface area contributed by atoms with Crippen molar-refractivity contribution in [1.82, 2.24) is 0 Å². The summed E-state index contributed by atoms with van der Waals surface area (Å²) in [6.45, 7) is 4.34. The number of rotatable bonds is 3. The zero-order valence-electron chi connectivity index (χ0n) is 7.95. The van der Waals surface area contributed by atoms with Crippen LogP contribution in [0.5, 0.6) is 0 Å². The molecule has 1 aromatic heterocycles. The molecule has 2 unspecified atom stereocenters. The molecule has 13 heavy (non-hydrogen) atoms. The summed E-state index contributed by atoms with van der Waals surface area (Å²) in [4.78, 5) is 0.970. The molecule has 70 valence electrons. The molecule has 2 atom stereocenters. The summed E-state index contributed by atoms with van der Waals surface area (Å²) in [5, 5.41) is 10.7. The molecule has 0 amide bonds. The van der Waals surface area contributed by atoms with Crippen molar-refractivity contribution in [1.29, 1.82) is 5.26 Å². The average Bonchev–Trinajstić information content (AvgIpc) is 2.64. The smallest absolute Gasteiger partial charge is 0.128 e. The van der Waals surface area contributed by atoms with E-state index in [2.05, 4.69) is 19.2 Å². The second-order valence-corrected chi connectivity index (χ2v) is 4.14. The number of hydrogen-bond acceptors (Lipinski definition) is 3. The molecule has 1 aromatic rings. The van der Waals surface area contributed by atoms with Gasteiger partial charge in [0.1, 0.15) is 6.04 Å². The molecular weight excluding hydrogens is 180 g/mol. The van der Waals surface area contributed by atoms with E-state index < -0.39 is 6.04 Å². The van der Waals surface area contributed by atoms with Crippen LogP contribution in [0, 0.1) is 11.3 Å². The van der Waals surface area contributed by atoms with Crippen molar-refractivity contribution < 1.29 is 0 Å². The predicted octanol–water partition coefficient (Wildman–Crippen LogP) is 2.78. The summed E-state index contributed by atoms with van der Waals surface area (Å²) in [6.07, 6.45) is 1.12. The minimum absolute atomic E-state index is 0.456. The maximum Gasteiger partial charge on any atom is 0.128 e. The Hall–Kier alpha value is -0.850. The minimum atomic E-state index is -0.456. The maximum absolute atomic E-state index is 8.62. The second kappa shape index (κ2) is 4.40. The summed E-state index contributed by atoms with van der Waals surface area (Å²) in [5.74, 6) is 0.566. The van der Waals surface area contributed by atoms with Gasteiger partial charge in [-0.15, -0.1) is 11.3 Å². The Bertz CT molecular complexity index is 311. The lowest BCUT2D eigenvalue weighted by Crippen LogP contribution is -2.04. The number of nitrogens with two attached hydrogens (primary N) is 1. The highest BCUT2D eigenvalue weighted by molar-refractivity contribution is 7.10. The topological polar surface area (TPSA) is 49.8 Å². The van der Waals surface area contributed by atoms with Crippen LogP contribution in [-0.4, -0.2) is 0 Å². The van der Waals surface area contributed by atoms with Crippen molar-refractivity contribution in [3.63, 3.8) is 0 Å². The zero-order chi connectivity index (χ0) is 9.84. The standard InChI is InChI=1S/C10H14N2S/c1-3-7(2)8-4-10(13-6-8)9(12)5-11/h4,6-7,9H,3,12H2,1-2H3. The summed E-state index contributed by atoms with van der Waals surface area (Å²) < 4.78 is 0. The first-order chi connectivity index (χ1) is 6.19. The van der Waals surface area contributed by atoms with E-state index in [1.807, 2.05) is 12.1 Å². The molecule has 0 radical (unpaired) electrons. The Balaban J connectivity index is 2.81. The van der Waals surface area contributed by atoms with Gasteiger partial charge in [-0.05, 0) is 29.3 Å². The van der Waals surface area contributed by atoms with Gasteiger partial charge < -0.3 is 5.73 Å². The van der Waals surface area contributed by atoms with E-state index in [0.717, 1.165) is 11.3 Å². The van der Waals surface area contributed by atoms with Crippen LogP contribution in [0.25, 0.3) is 0 Å². The quantitative estimate of drug-likeness (QED) is 0.804. The maximum atomic E-state index is 8.62. The number of hydrogen-bond donors (Lipinski definition) is 1. The molecule has 0 aliphatic carbocycles. The van der Waals surface area contributed by atoms with Crippen LogP contribution in [0.1, 0.15) is 42.7 Å². The monoisotopic (exact) mass is 194 g/mol. The highest BCUT2D eigenvalue weighted by atomic mass is 32.1. The van der Waals surface area contributed by atoms with Crippen LogP contribution < -0.4 is 5.73 Å². The van der Waals surface area contributed by atoms with Crippen molar-refractivity contribution in [3.05, 3.63) is 21.9 Å². The fourth-order valence-corrected chi connectivity index (χ4v) is 2.07. The summed E-state index contributed by atoms with van der Waals surface area (Å²) >= 11 is 1.58. The van der Waals surface area contributed by atoms with Crippen LogP contribution in [0.2, 0.25) is 0 Å². The van der Waals surface area contributed by atoms with Gasteiger partial charge in [0.05, 0.1) is 6.07 Å². The highest BCUT2D eigenvalue weighted by Gasteiger charge is 2.10. The first-order valence-electron chi connectivity index (χ1n) is 4.42. The van der Waals surface area contributed by atoms with Gasteiger partial charge in [0.2, 0.25) is 0 Å². The third-order valence-corrected chi connectivity index (χ3v) is 3.30. The van der Waals surface area contributed by atoms with E-state index in [0.29, 0.717) is 5.92 Å². The Kier molecular flexibility index (Phi) is 3.47. The number of nitriles is 1. The normalized spacial score (nSPS) is 14.9. The Morgan fingerprint density at radius 3 is 2.92 bits per heavy atom. The van der Waals surface area contributed by atoms with Crippen molar-refractivity contribution in [2.75, 3.05) is 0 Å². The fraction of sp³-hybridized carbons (Fsp3) is 0.500. The van der Waals surface area contributed by atoms with Gasteiger partial charge in [0.25, 0.3) is 0 Å². The van der Waals surface area contributed by atoms with E-state index in [1.54, 1.807) is 11.3 Å². The minimum Gasteiger partial charge on any atom is -0.312 e. The van der Waals surface area contributed by atoms with Gasteiger partial charge in [0.15, 0.2) is 0 Å². The first-order valence-corrected chi connectivity index (χ1v) is 5.30. The molecule has 0 fully saturated rings. The van der Waals surface area contributed by atoms with Gasteiger partial charge >= 0.3 is 0 Å². The Labute approximate surface area is 83.0 Å². The SMILES string of the molecule is CCC(C)c1csc(C(N)C#N)c1. The molecule has 0 bridgehead atoms. The molecule has 0 saturated heterocycles. The summed E-state index contributed by atoms with van der Waals surface area (Å²) in [6, 6.07) is 3.63. The lowest BCUT2D eigenvalue weighted by atomic mass is 10.0. The van der Waals surface area contributed by atoms with E-state index >= 15 is 0 Å². The van der Waals surface area contributed by atoms with Gasteiger partial charge in [-0.2, -0.15) is 5.26 Å². The largest absolute Gasteiger partial charge is 0.312 e. The molecule has 0 saturated carbocycles. The molecule has 0 aromatic carbocycles. The third kappa shape index (κ3) is 2.30. The highest BCUT2D eigenvalue weighted by Crippen LogP contribution is 2.27. The van der Waals surface area contributed by atoms with Crippen LogP contribution in [0.15, 0.2) is 11.4 Å². The van der Waals surface area contributed by atoms with Gasteiger partial charge in [0, 0.05) is 4.88 Å². The molecule has 1 rings (SSSR count). The lowest BCUT2D eigenvalue weighted by Gasteiger charge is -2.03. The van der Waals surface area contributed by atoms with E-state index in [4.69, 9.17) is 11.0 Å². The molecule has 0 aliphatic heterocycles. The van der Waals surface area contributed by atoms with Crippen LogP contribution in [0.4, 0.5) is 0 Å². The van der Waals surface area contributed by atoms with Gasteiger partial charge in [-0.1, -0.05) is 13.8 Å². The molecule has 3 heteroatoms. The summed E-state index contributed by atoms with van der Waals surface area (Å²) in [5.41, 5.74) is 6.90. The van der Waals surface area contributed by atoms with Gasteiger partial charge in [-0.3, -0.25) is 0 Å². The van der Waals surface area contributed by atoms with Crippen molar-refractivity contribution in [2.24, 2.45) is 5.73 Å². The Morgan fingerprint density at radius 2 is 2.38 bits per heavy atom. The van der Waals surface area contributed by atoms with Crippen molar-refractivity contribution >= 4 is 11.3 Å². The number of nitrogens with zero attached hydrogens (tertiary/aromatic N) is 1. The molecule has 1 heterocycles. The van der Waals surface area contributed by atoms with Gasteiger partial charge in [-0.25, -0.2) is 0 Å². The summed E-state index contributed by atoms with van der Waals surface area (Å²) in [7, 11) is 0. The molecule has 0 aliphatic rings. The average molecular weight is 194 g/mol. The second-order valence-electron chi connectivity index (χ2n) is 3.20. The predicted molar refractivity (Wildman–Crippen MR) is 55.6 cm³/mol. The van der Waals surface area contributed by atoms with Crippen molar-refractivity contribution in [2.45, 2.75) is 32.2 Å². The van der Waals surface area contributed by atoms with Crippen LogP contribution >= 0.6 is 11.3 Å². The first kappa shape index (κ1) is 10.2. The van der Waals surface area contributed by atoms with Crippen LogP contribution in [0.3, 0.4) is 0 Å². The zero-order valence-corrected chi connectivity index (χ0v) is 8.77.